The molecule has 0 spiro atoms. The van der Waals surface area contributed by atoms with Gasteiger partial charge in [-0.1, -0.05) is 17.7 Å². The van der Waals surface area contributed by atoms with Crippen LogP contribution in [-0.4, -0.2) is 16.8 Å². The highest BCUT2D eigenvalue weighted by molar-refractivity contribution is 7.80. The number of hydrogen-bond donors (Lipinski definition) is 2. The zero-order valence-corrected chi connectivity index (χ0v) is 13.2. The number of Topliss-reactive ketones (excluding diaryl/α,β-unsaturated/α-hetero) is 1. The van der Waals surface area contributed by atoms with Crippen molar-refractivity contribution in [2.24, 2.45) is 0 Å². The molecule has 0 unspecified atom stereocenters. The highest BCUT2D eigenvalue weighted by Crippen LogP contribution is 2.10. The molecule has 2 rings (SSSR count). The highest BCUT2D eigenvalue weighted by atomic mass is 32.1. The van der Waals surface area contributed by atoms with E-state index in [4.69, 9.17) is 12.2 Å². The molecular formula is C17H16N2O2S. The minimum Gasteiger partial charge on any atom is -0.332 e. The predicted octanol–water partition coefficient (Wildman–Crippen LogP) is 3.32. The maximum absolute atomic E-state index is 12.1. The standard InChI is InChI=1S/C17H16N2O2S/c1-11-4-3-5-14(10-11)16(21)19-17(22)18-15-8-6-13(7-9-15)12(2)20/h3-10H,1-2H3,(H2,18,19,21,22). The van der Waals surface area contributed by atoms with Crippen LogP contribution >= 0.6 is 12.2 Å². The van der Waals surface area contributed by atoms with Crippen molar-refractivity contribution in [1.29, 1.82) is 0 Å². The minimum absolute atomic E-state index is 0.00174. The summed E-state index contributed by atoms with van der Waals surface area (Å²) in [5.74, 6) is -0.261. The van der Waals surface area contributed by atoms with Crippen LogP contribution in [-0.2, 0) is 0 Å². The van der Waals surface area contributed by atoms with Gasteiger partial charge in [0, 0.05) is 16.8 Å². The van der Waals surface area contributed by atoms with E-state index in [2.05, 4.69) is 10.6 Å². The van der Waals surface area contributed by atoms with Crippen LogP contribution in [0.15, 0.2) is 48.5 Å². The summed E-state index contributed by atoms with van der Waals surface area (Å²) >= 11 is 5.12. The van der Waals surface area contributed by atoms with Gasteiger partial charge in [-0.15, -0.1) is 0 Å². The first-order valence-electron chi connectivity index (χ1n) is 6.76. The van der Waals surface area contributed by atoms with Crippen molar-refractivity contribution in [2.45, 2.75) is 13.8 Å². The van der Waals surface area contributed by atoms with Crippen LogP contribution in [0, 0.1) is 6.92 Å². The van der Waals surface area contributed by atoms with Gasteiger partial charge in [-0.2, -0.15) is 0 Å². The molecule has 0 aliphatic rings. The zero-order chi connectivity index (χ0) is 16.1. The number of rotatable bonds is 3. The Kier molecular flexibility index (Phi) is 5.01. The molecule has 0 atom stereocenters. The molecule has 112 valence electrons. The normalized spacial score (nSPS) is 9.91. The lowest BCUT2D eigenvalue weighted by Crippen LogP contribution is -2.34. The number of aryl methyl sites for hydroxylation is 1. The second-order valence-corrected chi connectivity index (χ2v) is 5.32. The predicted molar refractivity (Wildman–Crippen MR) is 91.3 cm³/mol. The molecular weight excluding hydrogens is 296 g/mol. The Hall–Kier alpha value is -2.53. The lowest BCUT2D eigenvalue weighted by atomic mass is 10.1. The summed E-state index contributed by atoms with van der Waals surface area (Å²) in [5.41, 5.74) is 2.89. The Morgan fingerprint density at radius 2 is 1.68 bits per heavy atom. The molecule has 22 heavy (non-hydrogen) atoms. The SMILES string of the molecule is CC(=O)c1ccc(NC(=S)NC(=O)c2cccc(C)c2)cc1. The molecule has 0 saturated carbocycles. The van der Waals surface area contributed by atoms with Crippen molar-refractivity contribution < 1.29 is 9.59 Å². The molecule has 0 heterocycles. The average Bonchev–Trinajstić information content (AvgIpc) is 2.47. The van der Waals surface area contributed by atoms with Crippen LogP contribution in [0.1, 0.15) is 33.2 Å². The Morgan fingerprint density at radius 1 is 1.00 bits per heavy atom. The largest absolute Gasteiger partial charge is 0.332 e. The van der Waals surface area contributed by atoms with Crippen molar-refractivity contribution in [3.05, 3.63) is 65.2 Å². The van der Waals surface area contributed by atoms with Crippen LogP contribution in [0.2, 0.25) is 0 Å². The van der Waals surface area contributed by atoms with Gasteiger partial charge in [-0.25, -0.2) is 0 Å². The monoisotopic (exact) mass is 312 g/mol. The van der Waals surface area contributed by atoms with Gasteiger partial charge in [0.05, 0.1) is 0 Å². The van der Waals surface area contributed by atoms with Crippen molar-refractivity contribution in [1.82, 2.24) is 5.32 Å². The molecule has 0 aliphatic carbocycles. The lowest BCUT2D eigenvalue weighted by molar-refractivity contribution is 0.0976. The van der Waals surface area contributed by atoms with E-state index < -0.39 is 0 Å². The summed E-state index contributed by atoms with van der Waals surface area (Å²) in [6.07, 6.45) is 0. The molecule has 0 radical (unpaired) electrons. The molecule has 2 N–H and O–H groups in total. The number of carbonyl (C=O) groups excluding carboxylic acids is 2. The van der Waals surface area contributed by atoms with Crippen molar-refractivity contribution in [3.8, 4) is 0 Å². The van der Waals surface area contributed by atoms with E-state index >= 15 is 0 Å². The van der Waals surface area contributed by atoms with Gasteiger partial charge in [-0.05, 0) is 62.5 Å². The Labute approximate surface area is 134 Å². The molecule has 0 aliphatic heterocycles. The fourth-order valence-electron chi connectivity index (χ4n) is 1.91. The molecule has 2 aromatic carbocycles. The first-order chi connectivity index (χ1) is 10.5. The van der Waals surface area contributed by atoms with Crippen LogP contribution in [0.25, 0.3) is 0 Å². The fraction of sp³-hybridized carbons (Fsp3) is 0.118. The number of benzene rings is 2. The summed E-state index contributed by atoms with van der Waals surface area (Å²) in [4.78, 5) is 23.3. The number of anilines is 1. The number of carbonyl (C=O) groups is 2. The van der Waals surface area contributed by atoms with Crippen LogP contribution in [0.3, 0.4) is 0 Å². The summed E-state index contributed by atoms with van der Waals surface area (Å²) < 4.78 is 0. The zero-order valence-electron chi connectivity index (χ0n) is 12.3. The summed E-state index contributed by atoms with van der Waals surface area (Å²) in [6.45, 7) is 3.43. The first kappa shape index (κ1) is 15.9. The third-order valence-corrected chi connectivity index (χ3v) is 3.26. The number of amides is 1. The van der Waals surface area contributed by atoms with Crippen LogP contribution in [0.5, 0.6) is 0 Å². The topological polar surface area (TPSA) is 58.2 Å². The summed E-state index contributed by atoms with van der Waals surface area (Å²) in [6, 6.07) is 14.1. The maximum atomic E-state index is 12.1. The minimum atomic E-state index is -0.262. The van der Waals surface area contributed by atoms with Gasteiger partial charge in [0.15, 0.2) is 10.9 Å². The van der Waals surface area contributed by atoms with E-state index in [0.29, 0.717) is 16.8 Å². The first-order valence-corrected chi connectivity index (χ1v) is 7.16. The van der Waals surface area contributed by atoms with Crippen molar-refractivity contribution in [2.75, 3.05) is 5.32 Å². The molecule has 0 aromatic heterocycles. The van der Waals surface area contributed by atoms with E-state index in [1.165, 1.54) is 6.92 Å². The average molecular weight is 312 g/mol. The second kappa shape index (κ2) is 6.95. The molecule has 2 aromatic rings. The number of thiocarbonyl (C=S) groups is 1. The van der Waals surface area contributed by atoms with E-state index in [9.17, 15) is 9.59 Å². The van der Waals surface area contributed by atoms with Crippen molar-refractivity contribution >= 4 is 34.7 Å². The van der Waals surface area contributed by atoms with E-state index in [0.717, 1.165) is 5.56 Å². The third-order valence-electron chi connectivity index (χ3n) is 3.06. The third kappa shape index (κ3) is 4.23. The van der Waals surface area contributed by atoms with Gasteiger partial charge < -0.3 is 5.32 Å². The molecule has 0 bridgehead atoms. The lowest BCUT2D eigenvalue weighted by Gasteiger charge is -2.10. The highest BCUT2D eigenvalue weighted by Gasteiger charge is 2.08. The maximum Gasteiger partial charge on any atom is 0.257 e. The molecule has 0 fully saturated rings. The van der Waals surface area contributed by atoms with Gasteiger partial charge in [-0.3, -0.25) is 14.9 Å². The Balaban J connectivity index is 1.98. The van der Waals surface area contributed by atoms with Gasteiger partial charge in [0.1, 0.15) is 0 Å². The van der Waals surface area contributed by atoms with E-state index in [-0.39, 0.29) is 16.8 Å². The number of hydrogen-bond acceptors (Lipinski definition) is 3. The van der Waals surface area contributed by atoms with Gasteiger partial charge in [0.2, 0.25) is 0 Å². The Morgan fingerprint density at radius 3 is 2.27 bits per heavy atom. The molecule has 1 amide bonds. The molecule has 0 saturated heterocycles. The fourth-order valence-corrected chi connectivity index (χ4v) is 2.12. The van der Waals surface area contributed by atoms with Crippen LogP contribution < -0.4 is 10.6 Å². The number of nitrogens with one attached hydrogen (secondary N) is 2. The Bertz CT molecular complexity index is 724. The molecule has 4 nitrogen and oxygen atoms in total. The van der Waals surface area contributed by atoms with Gasteiger partial charge in [0.25, 0.3) is 5.91 Å². The van der Waals surface area contributed by atoms with E-state index in [1.54, 1.807) is 36.4 Å². The number of ketones is 1. The van der Waals surface area contributed by atoms with Crippen LogP contribution in [0.4, 0.5) is 5.69 Å². The van der Waals surface area contributed by atoms with E-state index in [1.807, 2.05) is 19.1 Å². The van der Waals surface area contributed by atoms with Gasteiger partial charge >= 0.3 is 0 Å². The second-order valence-electron chi connectivity index (χ2n) is 4.91. The smallest absolute Gasteiger partial charge is 0.257 e. The summed E-state index contributed by atoms with van der Waals surface area (Å²) in [7, 11) is 0. The van der Waals surface area contributed by atoms with Crippen molar-refractivity contribution in [3.63, 3.8) is 0 Å². The molecule has 5 heteroatoms. The summed E-state index contributed by atoms with van der Waals surface area (Å²) in [5, 5.41) is 5.75. The quantitative estimate of drug-likeness (QED) is 0.674.